The molecule has 0 atom stereocenters. The molecule has 0 aliphatic carbocycles. The van der Waals surface area contributed by atoms with Crippen LogP contribution in [0.15, 0.2) is 23.4 Å². The molecule has 5 nitrogen and oxygen atoms in total. The van der Waals surface area contributed by atoms with Gasteiger partial charge in [0.1, 0.15) is 11.6 Å². The van der Waals surface area contributed by atoms with Gasteiger partial charge in [0.2, 0.25) is 0 Å². The number of hydrogen-bond donors (Lipinski definition) is 1. The van der Waals surface area contributed by atoms with Gasteiger partial charge in [-0.1, -0.05) is 17.8 Å². The van der Waals surface area contributed by atoms with Crippen molar-refractivity contribution in [1.82, 2.24) is 14.8 Å². The number of benzene rings is 1. The normalized spacial score (nSPS) is 10.9. The molecule has 0 saturated carbocycles. The minimum atomic E-state index is 0.417. The fraction of sp³-hybridized carbons (Fsp3) is 0.467. The third-order valence-electron chi connectivity index (χ3n) is 3.07. The highest BCUT2D eigenvalue weighted by Gasteiger charge is 2.09. The Balaban J connectivity index is 1.86. The van der Waals surface area contributed by atoms with E-state index in [4.69, 9.17) is 10.5 Å². The molecule has 2 aromatic rings. The van der Waals surface area contributed by atoms with Gasteiger partial charge >= 0.3 is 0 Å². The van der Waals surface area contributed by atoms with Crippen molar-refractivity contribution in [3.8, 4) is 5.75 Å². The molecule has 0 bridgehead atoms. The summed E-state index contributed by atoms with van der Waals surface area (Å²) in [5, 5.41) is 9.17. The maximum atomic E-state index is 5.79. The van der Waals surface area contributed by atoms with Crippen LogP contribution in [0.5, 0.6) is 5.75 Å². The van der Waals surface area contributed by atoms with E-state index in [-0.39, 0.29) is 0 Å². The van der Waals surface area contributed by atoms with Gasteiger partial charge in [-0.2, -0.15) is 0 Å². The minimum absolute atomic E-state index is 0.417. The van der Waals surface area contributed by atoms with E-state index >= 15 is 0 Å². The monoisotopic (exact) mass is 306 g/mol. The average molecular weight is 306 g/mol. The van der Waals surface area contributed by atoms with Gasteiger partial charge in [-0.3, -0.25) is 0 Å². The van der Waals surface area contributed by atoms with E-state index < -0.39 is 0 Å². The largest absolute Gasteiger partial charge is 0.493 e. The molecular formula is C15H22N4OS. The van der Waals surface area contributed by atoms with Crippen LogP contribution in [-0.2, 0) is 13.1 Å². The lowest BCUT2D eigenvalue weighted by atomic mass is 10.1. The highest BCUT2D eigenvalue weighted by atomic mass is 32.2. The van der Waals surface area contributed by atoms with Crippen molar-refractivity contribution >= 4 is 11.8 Å². The Morgan fingerprint density at radius 3 is 2.52 bits per heavy atom. The smallest absolute Gasteiger partial charge is 0.191 e. The molecule has 1 heterocycles. The molecule has 0 aliphatic heterocycles. The molecule has 1 aromatic heterocycles. The van der Waals surface area contributed by atoms with Gasteiger partial charge in [0.25, 0.3) is 0 Å². The molecule has 1 aromatic carbocycles. The Bertz CT molecular complexity index is 577. The molecule has 0 fully saturated rings. The lowest BCUT2D eigenvalue weighted by Gasteiger charge is -2.09. The lowest BCUT2D eigenvalue weighted by molar-refractivity contribution is 0.343. The summed E-state index contributed by atoms with van der Waals surface area (Å²) in [6.07, 6.45) is 0. The second kappa shape index (κ2) is 7.47. The average Bonchev–Trinajstić information content (AvgIpc) is 2.84. The molecule has 2 N–H and O–H groups in total. The summed E-state index contributed by atoms with van der Waals surface area (Å²) in [6.45, 7) is 8.11. The molecular weight excluding hydrogens is 284 g/mol. The summed E-state index contributed by atoms with van der Waals surface area (Å²) in [5.41, 5.74) is 8.08. The van der Waals surface area contributed by atoms with E-state index in [1.54, 1.807) is 11.8 Å². The van der Waals surface area contributed by atoms with Gasteiger partial charge in [-0.05, 0) is 44.0 Å². The first kappa shape index (κ1) is 15.9. The zero-order valence-electron chi connectivity index (χ0n) is 12.8. The Hall–Kier alpha value is -1.53. The number of nitrogens with zero attached hydrogens (tertiary/aromatic N) is 3. The van der Waals surface area contributed by atoms with Crippen molar-refractivity contribution in [1.29, 1.82) is 0 Å². The highest BCUT2D eigenvalue weighted by molar-refractivity contribution is 7.99. The number of thioether (sulfide) groups is 1. The van der Waals surface area contributed by atoms with Gasteiger partial charge in [-0.25, -0.2) is 0 Å². The van der Waals surface area contributed by atoms with Crippen LogP contribution < -0.4 is 10.5 Å². The summed E-state index contributed by atoms with van der Waals surface area (Å²) < 4.78 is 7.84. The third kappa shape index (κ3) is 4.22. The molecule has 0 spiro atoms. The standard InChI is InChI=1S/C15H22N4OS/c1-4-19-14(10-16)17-18-15(19)21-6-5-20-13-8-11(2)7-12(3)9-13/h7-9H,4-6,10,16H2,1-3H3. The third-order valence-corrected chi connectivity index (χ3v) is 4.00. The molecule has 0 radical (unpaired) electrons. The quantitative estimate of drug-likeness (QED) is 0.629. The summed E-state index contributed by atoms with van der Waals surface area (Å²) in [6, 6.07) is 6.25. The summed E-state index contributed by atoms with van der Waals surface area (Å²) in [7, 11) is 0. The number of rotatable bonds is 7. The van der Waals surface area contributed by atoms with Crippen LogP contribution in [0.25, 0.3) is 0 Å². The first-order valence-corrected chi connectivity index (χ1v) is 8.08. The lowest BCUT2D eigenvalue weighted by Crippen LogP contribution is -2.08. The number of nitrogens with two attached hydrogens (primary N) is 1. The molecule has 0 amide bonds. The number of aryl methyl sites for hydroxylation is 2. The predicted octanol–water partition coefficient (Wildman–Crippen LogP) is 2.54. The van der Waals surface area contributed by atoms with Crippen molar-refractivity contribution in [2.75, 3.05) is 12.4 Å². The molecule has 6 heteroatoms. The van der Waals surface area contributed by atoms with E-state index in [9.17, 15) is 0 Å². The molecule has 21 heavy (non-hydrogen) atoms. The van der Waals surface area contributed by atoms with Gasteiger partial charge in [-0.15, -0.1) is 10.2 Å². The zero-order chi connectivity index (χ0) is 15.2. The molecule has 114 valence electrons. The van der Waals surface area contributed by atoms with Crippen molar-refractivity contribution in [2.24, 2.45) is 5.73 Å². The maximum Gasteiger partial charge on any atom is 0.191 e. The summed E-state index contributed by atoms with van der Waals surface area (Å²) >= 11 is 1.64. The van der Waals surface area contributed by atoms with Crippen LogP contribution in [0.2, 0.25) is 0 Å². The first-order chi connectivity index (χ1) is 10.1. The van der Waals surface area contributed by atoms with Crippen LogP contribution in [0.3, 0.4) is 0 Å². The van der Waals surface area contributed by atoms with Crippen molar-refractivity contribution in [3.05, 3.63) is 35.2 Å². The van der Waals surface area contributed by atoms with Crippen molar-refractivity contribution in [2.45, 2.75) is 39.0 Å². The zero-order valence-corrected chi connectivity index (χ0v) is 13.6. The summed E-state index contributed by atoms with van der Waals surface area (Å²) in [4.78, 5) is 0. The Kier molecular flexibility index (Phi) is 5.64. The van der Waals surface area contributed by atoms with E-state index in [1.807, 2.05) is 4.57 Å². The van der Waals surface area contributed by atoms with Crippen LogP contribution in [0, 0.1) is 13.8 Å². The van der Waals surface area contributed by atoms with Gasteiger partial charge in [0, 0.05) is 12.3 Å². The predicted molar refractivity (Wildman–Crippen MR) is 85.7 cm³/mol. The molecule has 0 unspecified atom stereocenters. The van der Waals surface area contributed by atoms with Gasteiger partial charge < -0.3 is 15.0 Å². The highest BCUT2D eigenvalue weighted by Crippen LogP contribution is 2.19. The summed E-state index contributed by atoms with van der Waals surface area (Å²) in [5.74, 6) is 2.58. The molecule has 0 aliphatic rings. The van der Waals surface area contributed by atoms with Crippen LogP contribution >= 0.6 is 11.8 Å². The number of aromatic nitrogens is 3. The Labute approximate surface area is 129 Å². The van der Waals surface area contributed by atoms with E-state index in [1.165, 1.54) is 11.1 Å². The fourth-order valence-corrected chi connectivity index (χ4v) is 3.04. The number of hydrogen-bond acceptors (Lipinski definition) is 5. The van der Waals surface area contributed by atoms with Crippen LogP contribution in [0.4, 0.5) is 0 Å². The Morgan fingerprint density at radius 1 is 1.19 bits per heavy atom. The number of ether oxygens (including phenoxy) is 1. The topological polar surface area (TPSA) is 66.0 Å². The molecule has 2 rings (SSSR count). The molecule has 0 saturated heterocycles. The fourth-order valence-electron chi connectivity index (χ4n) is 2.20. The van der Waals surface area contributed by atoms with Crippen molar-refractivity contribution < 1.29 is 4.74 Å². The van der Waals surface area contributed by atoms with E-state index in [0.717, 1.165) is 29.0 Å². The first-order valence-electron chi connectivity index (χ1n) is 7.10. The van der Waals surface area contributed by atoms with Crippen molar-refractivity contribution in [3.63, 3.8) is 0 Å². The van der Waals surface area contributed by atoms with E-state index in [2.05, 4.69) is 49.2 Å². The van der Waals surface area contributed by atoms with Crippen LogP contribution in [0.1, 0.15) is 23.9 Å². The second-order valence-corrected chi connectivity index (χ2v) is 5.93. The second-order valence-electron chi connectivity index (χ2n) is 4.87. The maximum absolute atomic E-state index is 5.79. The Morgan fingerprint density at radius 2 is 1.90 bits per heavy atom. The van der Waals surface area contributed by atoms with Crippen LogP contribution in [-0.4, -0.2) is 27.1 Å². The van der Waals surface area contributed by atoms with Gasteiger partial charge in [0.15, 0.2) is 5.16 Å². The minimum Gasteiger partial charge on any atom is -0.493 e. The SMILES string of the molecule is CCn1c(CN)nnc1SCCOc1cc(C)cc(C)c1. The van der Waals surface area contributed by atoms with E-state index in [0.29, 0.717) is 13.2 Å². The van der Waals surface area contributed by atoms with Gasteiger partial charge in [0.05, 0.1) is 13.2 Å².